The van der Waals surface area contributed by atoms with Gasteiger partial charge in [-0.2, -0.15) is 0 Å². The molecule has 0 radical (unpaired) electrons. The molecular formula is C35H41N7O3. The average molecular weight is 608 g/mol. The second-order valence-electron chi connectivity index (χ2n) is 9.25. The first kappa shape index (κ1) is 34.0. The van der Waals surface area contributed by atoms with Crippen molar-refractivity contribution in [3.8, 4) is 17.1 Å². The maximum atomic E-state index is 12.6. The van der Waals surface area contributed by atoms with Crippen LogP contribution in [0.2, 0.25) is 0 Å². The Morgan fingerprint density at radius 2 is 1.80 bits per heavy atom. The van der Waals surface area contributed by atoms with Gasteiger partial charge in [-0.1, -0.05) is 50.8 Å². The highest BCUT2D eigenvalue weighted by Gasteiger charge is 2.14. The summed E-state index contributed by atoms with van der Waals surface area (Å²) in [5.41, 5.74) is 11.4. The van der Waals surface area contributed by atoms with Crippen molar-refractivity contribution in [2.75, 3.05) is 36.7 Å². The Bertz CT molecular complexity index is 1710. The van der Waals surface area contributed by atoms with E-state index in [1.165, 1.54) is 0 Å². The first-order valence-electron chi connectivity index (χ1n) is 14.6. The molecule has 10 heteroatoms. The molecule has 3 aromatic heterocycles. The number of imidazole rings is 1. The molecule has 0 bridgehead atoms. The number of anilines is 4. The molecule has 234 valence electrons. The Kier molecular flexibility index (Phi) is 13.3. The van der Waals surface area contributed by atoms with Crippen LogP contribution in [0.15, 0.2) is 104 Å². The molecule has 5 rings (SSSR count). The summed E-state index contributed by atoms with van der Waals surface area (Å²) in [4.78, 5) is 26.3. The lowest BCUT2D eigenvalue weighted by molar-refractivity contribution is 0.102. The number of fused-ring (bicyclic) bond motifs is 1. The van der Waals surface area contributed by atoms with E-state index in [2.05, 4.69) is 27.2 Å². The lowest BCUT2D eigenvalue weighted by Gasteiger charge is -2.10. The number of pyridine rings is 1. The number of carbonyl (C=O) groups is 1. The number of allylic oxidation sites excluding steroid dienone is 3. The van der Waals surface area contributed by atoms with Crippen LogP contribution in [0.25, 0.3) is 17.0 Å². The van der Waals surface area contributed by atoms with Crippen LogP contribution in [0.1, 0.15) is 36.8 Å². The van der Waals surface area contributed by atoms with Crippen molar-refractivity contribution in [2.24, 2.45) is 0 Å². The number of hydrogen-bond donors (Lipinski definition) is 3. The molecule has 10 nitrogen and oxygen atoms in total. The fourth-order valence-electron chi connectivity index (χ4n) is 4.11. The monoisotopic (exact) mass is 607 g/mol. The van der Waals surface area contributed by atoms with Crippen molar-refractivity contribution < 1.29 is 14.3 Å². The molecule has 5 aromatic rings. The number of carbonyl (C=O) groups excluding carboxylic acids is 1. The fourth-order valence-corrected chi connectivity index (χ4v) is 4.11. The summed E-state index contributed by atoms with van der Waals surface area (Å²) in [6, 6.07) is 19.8. The van der Waals surface area contributed by atoms with E-state index in [1.54, 1.807) is 55.8 Å². The Morgan fingerprint density at radius 3 is 2.47 bits per heavy atom. The first-order chi connectivity index (χ1) is 21.9. The van der Waals surface area contributed by atoms with Gasteiger partial charge in [-0.3, -0.25) is 9.20 Å². The Balaban J connectivity index is 0.000000719. The molecule has 0 saturated heterocycles. The van der Waals surface area contributed by atoms with Gasteiger partial charge in [0, 0.05) is 36.8 Å². The van der Waals surface area contributed by atoms with Crippen LogP contribution in [0.5, 0.6) is 5.75 Å². The third kappa shape index (κ3) is 9.50. The number of rotatable bonds is 10. The summed E-state index contributed by atoms with van der Waals surface area (Å²) in [7, 11) is 1.64. The lowest BCUT2D eigenvalue weighted by atomic mass is 10.2. The maximum absolute atomic E-state index is 12.6. The van der Waals surface area contributed by atoms with Gasteiger partial charge < -0.3 is 25.8 Å². The van der Waals surface area contributed by atoms with E-state index >= 15 is 0 Å². The summed E-state index contributed by atoms with van der Waals surface area (Å²) < 4.78 is 12.7. The van der Waals surface area contributed by atoms with Crippen LogP contribution in [0, 0.1) is 6.92 Å². The van der Waals surface area contributed by atoms with E-state index in [0.717, 1.165) is 34.2 Å². The topological polar surface area (TPSA) is 129 Å². The van der Waals surface area contributed by atoms with Gasteiger partial charge in [0.1, 0.15) is 18.0 Å². The predicted molar refractivity (Wildman–Crippen MR) is 183 cm³/mol. The standard InChI is InChI=1S/C28H27N7O3.C5H8.C2H6/c1-18-26(35-14-12-21(17-25(35)31-18)38-16-15-37-2)24-11-13-30-28(34-24)32-20-9-7-19(8-10-20)27(36)33-23-6-4-3-5-22(23)29;1-3-5-4-2;1-2/h3-14,17H,15-16,29H2,1-2H3,(H,33,36)(H,30,32,34);3-5H,1H2,2H3;1-2H3/b;5-4-;. The van der Waals surface area contributed by atoms with Crippen molar-refractivity contribution in [3.05, 3.63) is 115 Å². The number of hydrogen-bond acceptors (Lipinski definition) is 8. The Labute approximate surface area is 264 Å². The van der Waals surface area contributed by atoms with E-state index < -0.39 is 0 Å². The van der Waals surface area contributed by atoms with Crippen LogP contribution < -0.4 is 21.1 Å². The molecule has 0 aliphatic rings. The van der Waals surface area contributed by atoms with Gasteiger partial charge in [0.2, 0.25) is 5.95 Å². The summed E-state index contributed by atoms with van der Waals surface area (Å²) in [5, 5.41) is 6.03. The molecule has 0 atom stereocenters. The highest BCUT2D eigenvalue weighted by Crippen LogP contribution is 2.26. The number of nitrogen functional groups attached to an aromatic ring is 1. The molecule has 0 aliphatic carbocycles. The molecule has 0 saturated carbocycles. The van der Waals surface area contributed by atoms with E-state index in [9.17, 15) is 4.79 Å². The van der Waals surface area contributed by atoms with Crippen molar-refractivity contribution >= 4 is 34.6 Å². The SMILES string of the molecule is C=C/C=C\C.CC.COCCOc1ccn2c(-c3ccnc(Nc4ccc(C(=O)Nc5ccccc5N)cc4)n3)c(C)nc2c1. The molecule has 2 aromatic carbocycles. The van der Waals surface area contributed by atoms with Gasteiger partial charge in [0.05, 0.1) is 35.1 Å². The number of ether oxygens (including phenoxy) is 2. The Morgan fingerprint density at radius 1 is 1.04 bits per heavy atom. The normalized spacial score (nSPS) is 10.3. The molecule has 4 N–H and O–H groups in total. The molecule has 3 heterocycles. The van der Waals surface area contributed by atoms with Gasteiger partial charge in [-0.25, -0.2) is 15.0 Å². The van der Waals surface area contributed by atoms with Crippen LogP contribution in [-0.4, -0.2) is 45.6 Å². The number of amides is 1. The lowest BCUT2D eigenvalue weighted by Crippen LogP contribution is -2.13. The zero-order valence-electron chi connectivity index (χ0n) is 26.4. The van der Waals surface area contributed by atoms with E-state index in [4.69, 9.17) is 20.2 Å². The number of para-hydroxylation sites is 2. The van der Waals surface area contributed by atoms with Gasteiger partial charge >= 0.3 is 0 Å². The fraction of sp³-hybridized carbons (Fsp3) is 0.200. The van der Waals surface area contributed by atoms with Gasteiger partial charge in [0.15, 0.2) is 0 Å². The minimum absolute atomic E-state index is 0.247. The second kappa shape index (κ2) is 17.6. The number of aryl methyl sites for hydroxylation is 1. The maximum Gasteiger partial charge on any atom is 0.255 e. The van der Waals surface area contributed by atoms with Crippen LogP contribution >= 0.6 is 0 Å². The highest BCUT2D eigenvalue weighted by molar-refractivity contribution is 6.05. The molecule has 0 fully saturated rings. The summed E-state index contributed by atoms with van der Waals surface area (Å²) >= 11 is 0. The quantitative estimate of drug-likeness (QED) is 0.0847. The summed E-state index contributed by atoms with van der Waals surface area (Å²) in [5.74, 6) is 0.897. The molecule has 0 spiro atoms. The van der Waals surface area contributed by atoms with Crippen LogP contribution in [0.4, 0.5) is 23.0 Å². The van der Waals surface area contributed by atoms with Crippen molar-refractivity contribution in [1.82, 2.24) is 19.4 Å². The summed E-state index contributed by atoms with van der Waals surface area (Å²) in [6.45, 7) is 12.3. The number of nitrogens with two attached hydrogens (primary N) is 1. The number of nitrogens with one attached hydrogen (secondary N) is 2. The zero-order chi connectivity index (χ0) is 32.6. The number of nitrogens with zero attached hydrogens (tertiary/aromatic N) is 4. The number of methoxy groups -OCH3 is 1. The smallest absolute Gasteiger partial charge is 0.255 e. The van der Waals surface area contributed by atoms with Crippen LogP contribution in [-0.2, 0) is 4.74 Å². The highest BCUT2D eigenvalue weighted by atomic mass is 16.5. The van der Waals surface area contributed by atoms with Gasteiger partial charge in [0.25, 0.3) is 5.91 Å². The van der Waals surface area contributed by atoms with Gasteiger partial charge in [-0.15, -0.1) is 0 Å². The Hall–Kier alpha value is -5.48. The third-order valence-corrected chi connectivity index (χ3v) is 6.17. The second-order valence-corrected chi connectivity index (χ2v) is 9.25. The van der Waals surface area contributed by atoms with Crippen molar-refractivity contribution in [2.45, 2.75) is 27.7 Å². The molecular weight excluding hydrogens is 566 g/mol. The van der Waals surface area contributed by atoms with Gasteiger partial charge in [-0.05, 0) is 62.4 Å². The van der Waals surface area contributed by atoms with Crippen molar-refractivity contribution in [3.63, 3.8) is 0 Å². The zero-order valence-corrected chi connectivity index (χ0v) is 26.4. The minimum atomic E-state index is -0.247. The molecule has 0 unspecified atom stereocenters. The van der Waals surface area contributed by atoms with Crippen molar-refractivity contribution in [1.29, 1.82) is 0 Å². The molecule has 45 heavy (non-hydrogen) atoms. The minimum Gasteiger partial charge on any atom is -0.491 e. The number of benzene rings is 2. The van der Waals surface area contributed by atoms with E-state index in [-0.39, 0.29) is 5.91 Å². The first-order valence-corrected chi connectivity index (χ1v) is 14.6. The largest absolute Gasteiger partial charge is 0.491 e. The predicted octanol–water partition coefficient (Wildman–Crippen LogP) is 7.48. The summed E-state index contributed by atoms with van der Waals surface area (Å²) in [6.07, 6.45) is 9.18. The number of aromatic nitrogens is 4. The molecule has 0 aliphatic heterocycles. The van der Waals surface area contributed by atoms with E-state index in [1.807, 2.05) is 80.8 Å². The third-order valence-electron chi connectivity index (χ3n) is 6.17. The average Bonchev–Trinajstić information content (AvgIpc) is 3.39. The molecule has 1 amide bonds. The van der Waals surface area contributed by atoms with Crippen LogP contribution in [0.3, 0.4) is 0 Å². The van der Waals surface area contributed by atoms with E-state index in [0.29, 0.717) is 36.1 Å².